The van der Waals surface area contributed by atoms with Gasteiger partial charge in [-0.1, -0.05) is 13.0 Å². The van der Waals surface area contributed by atoms with Crippen LogP contribution in [0.15, 0.2) is 0 Å². The Morgan fingerprint density at radius 2 is 0.640 bits per heavy atom. The number of nitrogens with zero attached hydrogens (tertiary/aromatic N) is 3. The second-order valence-corrected chi connectivity index (χ2v) is 7.41. The van der Waals surface area contributed by atoms with Crippen molar-refractivity contribution >= 4 is 87.5 Å². The molecule has 0 bridgehead atoms. The van der Waals surface area contributed by atoms with Gasteiger partial charge < -0.3 is 89.2 Å². The summed E-state index contributed by atoms with van der Waals surface area (Å²) < 4.78 is 1.74. The molecule has 0 aliphatic rings. The third-order valence-corrected chi connectivity index (χ3v) is 4.61. The van der Waals surface area contributed by atoms with Crippen molar-refractivity contribution in [1.82, 2.24) is 14.7 Å². The van der Waals surface area contributed by atoms with Gasteiger partial charge in [-0.05, 0) is 41.5 Å². The largest absolute Gasteiger partial charge is 3.00 e. The molecule has 10 heteroatoms. The van der Waals surface area contributed by atoms with Crippen LogP contribution in [0.5, 0.6) is 0 Å². The van der Waals surface area contributed by atoms with Gasteiger partial charge in [0.25, 0.3) is 0 Å². The van der Waals surface area contributed by atoms with Crippen molar-refractivity contribution < 1.29 is 36.9 Å². The maximum Gasteiger partial charge on any atom is 3.00 e. The molecule has 25 heavy (non-hydrogen) atoms. The molecule has 0 spiro atoms. The van der Waals surface area contributed by atoms with Crippen LogP contribution >= 0.6 is 36.7 Å². The Hall–Kier alpha value is 1.56. The smallest absolute Gasteiger partial charge is 0.411 e. The molecule has 0 rings (SSSR count). The molecule has 0 N–H and O–H groups in total. The molecule has 0 heterocycles. The molecule has 0 aromatic carbocycles. The van der Waals surface area contributed by atoms with Crippen LogP contribution in [0.3, 0.4) is 0 Å². The van der Waals surface area contributed by atoms with Crippen molar-refractivity contribution in [2.24, 2.45) is 0 Å². The summed E-state index contributed by atoms with van der Waals surface area (Å²) in [6, 6.07) is 0. The second-order valence-electron chi connectivity index (χ2n) is 4.31. The molecule has 0 saturated heterocycles. The molecule has 0 fully saturated rings. The van der Waals surface area contributed by atoms with Gasteiger partial charge in [-0.3, -0.25) is 0 Å². The Balaban J connectivity index is -0.000000130. The van der Waals surface area contributed by atoms with Crippen molar-refractivity contribution in [3.8, 4) is 0 Å². The minimum Gasteiger partial charge on any atom is -0.411 e. The van der Waals surface area contributed by atoms with Gasteiger partial charge in [0.15, 0.2) is 0 Å². The summed E-state index contributed by atoms with van der Waals surface area (Å²) in [5, 5.41) is 0. The van der Waals surface area contributed by atoms with Crippen LogP contribution in [-0.4, -0.2) is 66.9 Å². The monoisotopic (exact) mass is 613 g/mol. The third-order valence-electron chi connectivity index (χ3n) is 3.06. The Morgan fingerprint density at radius 3 is 0.640 bits per heavy atom. The van der Waals surface area contributed by atoms with Crippen LogP contribution in [0.25, 0.3) is 0 Å². The van der Waals surface area contributed by atoms with Crippen molar-refractivity contribution in [2.75, 3.05) is 39.3 Å². The zero-order chi connectivity index (χ0) is 19.7. The molecule has 0 aliphatic heterocycles. The summed E-state index contributed by atoms with van der Waals surface area (Å²) in [6.45, 7) is 17.8. The van der Waals surface area contributed by atoms with Crippen LogP contribution in [0.1, 0.15) is 41.5 Å². The first-order chi connectivity index (χ1) is 11.2. The molecular formula is C15H30N3S6Tm. The van der Waals surface area contributed by atoms with E-state index >= 15 is 0 Å². The zero-order valence-electron chi connectivity index (χ0n) is 15.8. The summed E-state index contributed by atoms with van der Waals surface area (Å²) in [7, 11) is 0. The summed E-state index contributed by atoms with van der Waals surface area (Å²) in [5.41, 5.74) is 0. The van der Waals surface area contributed by atoms with Gasteiger partial charge in [-0.25, -0.2) is 0 Å². The summed E-state index contributed by atoms with van der Waals surface area (Å²) in [4.78, 5) is 5.89. The average Bonchev–Trinajstić information content (AvgIpc) is 2.51. The van der Waals surface area contributed by atoms with E-state index in [2.05, 4.69) is 0 Å². The molecule has 0 aliphatic carbocycles. The SMILES string of the molecule is CCN(CC)C(=S)[S-].CCN(CC)C(=S)[S-].CCN(CC)C(=S)[S-].[Tm+3]. The van der Waals surface area contributed by atoms with E-state index in [4.69, 9.17) is 74.5 Å². The Morgan fingerprint density at radius 1 is 0.520 bits per heavy atom. The van der Waals surface area contributed by atoms with Crippen LogP contribution in [-0.2, 0) is 37.9 Å². The van der Waals surface area contributed by atoms with Crippen molar-refractivity contribution in [1.29, 1.82) is 0 Å². The van der Waals surface area contributed by atoms with E-state index in [0.29, 0.717) is 13.0 Å². The van der Waals surface area contributed by atoms with Crippen molar-refractivity contribution in [2.45, 2.75) is 41.5 Å². The van der Waals surface area contributed by atoms with Gasteiger partial charge in [0.05, 0.1) is 0 Å². The predicted octanol–water partition coefficient (Wildman–Crippen LogP) is 3.48. The normalized spacial score (nSPS) is 8.40. The molecular weight excluding hydrogens is 584 g/mol. The molecule has 0 atom stereocenters. The predicted molar refractivity (Wildman–Crippen MR) is 129 cm³/mol. The first-order valence-electron chi connectivity index (χ1n) is 8.04. The number of rotatable bonds is 6. The number of hydrogen-bond acceptors (Lipinski definition) is 6. The minimum absolute atomic E-state index is 0. The van der Waals surface area contributed by atoms with E-state index in [9.17, 15) is 0 Å². The first-order valence-corrected chi connectivity index (χ1v) is 10.5. The maximum atomic E-state index is 4.76. The van der Waals surface area contributed by atoms with Crippen LogP contribution in [0.2, 0.25) is 0 Å². The molecule has 0 unspecified atom stereocenters. The standard InChI is InChI=1S/3C5H11NS2.Tm/c3*1-3-6(4-2)5(7)8;/h3*3-4H2,1-2H3,(H,7,8);/q;;;+3/p-3. The second kappa shape index (κ2) is 23.6. The molecule has 154 valence electrons. The van der Waals surface area contributed by atoms with Crippen molar-refractivity contribution in [3.05, 3.63) is 0 Å². The zero-order valence-corrected chi connectivity index (χ0v) is 22.5. The maximum absolute atomic E-state index is 4.76. The van der Waals surface area contributed by atoms with Gasteiger partial charge in [0, 0.05) is 39.3 Å². The third kappa shape index (κ3) is 21.7. The molecule has 0 aromatic heterocycles. The fourth-order valence-corrected chi connectivity index (χ4v) is 2.99. The molecule has 0 aromatic rings. The van der Waals surface area contributed by atoms with E-state index in [1.807, 2.05) is 56.2 Å². The number of thiocarbonyl (C=S) groups is 3. The summed E-state index contributed by atoms with van der Waals surface area (Å²) >= 11 is 28.5. The van der Waals surface area contributed by atoms with E-state index in [0.717, 1.165) is 39.3 Å². The molecule has 3 nitrogen and oxygen atoms in total. The van der Waals surface area contributed by atoms with Crippen molar-refractivity contribution in [3.63, 3.8) is 0 Å². The van der Waals surface area contributed by atoms with E-state index in [-0.39, 0.29) is 36.9 Å². The van der Waals surface area contributed by atoms with E-state index < -0.39 is 0 Å². The average molecular weight is 614 g/mol. The Labute approximate surface area is 217 Å². The fraction of sp³-hybridized carbons (Fsp3) is 0.800. The van der Waals surface area contributed by atoms with Gasteiger partial charge in [0.1, 0.15) is 0 Å². The Bertz CT molecular complexity index is 294. The van der Waals surface area contributed by atoms with Crippen LogP contribution < -0.4 is 0 Å². The quantitative estimate of drug-likeness (QED) is 0.326. The fourth-order valence-electron chi connectivity index (χ4n) is 1.45. The Kier molecular flexibility index (Phi) is 32.2. The summed E-state index contributed by atoms with van der Waals surface area (Å²) in [6.07, 6.45) is 0. The van der Waals surface area contributed by atoms with Crippen LogP contribution in [0.4, 0.5) is 0 Å². The first kappa shape index (κ1) is 34.1. The molecule has 0 radical (unpaired) electrons. The molecule has 0 saturated carbocycles. The minimum atomic E-state index is 0. The van der Waals surface area contributed by atoms with E-state index in [1.54, 1.807) is 0 Å². The van der Waals surface area contributed by atoms with Crippen LogP contribution in [0, 0.1) is 36.9 Å². The van der Waals surface area contributed by atoms with Gasteiger partial charge in [-0.15, -0.1) is 0 Å². The van der Waals surface area contributed by atoms with E-state index in [1.165, 1.54) is 0 Å². The van der Waals surface area contributed by atoms with Gasteiger partial charge in [-0.2, -0.15) is 0 Å². The molecule has 0 amide bonds. The van der Waals surface area contributed by atoms with Gasteiger partial charge >= 0.3 is 36.9 Å². The summed E-state index contributed by atoms with van der Waals surface area (Å²) in [5.74, 6) is 0. The topological polar surface area (TPSA) is 9.72 Å². The number of hydrogen-bond donors (Lipinski definition) is 0. The van der Waals surface area contributed by atoms with Gasteiger partial charge in [0.2, 0.25) is 0 Å².